The Morgan fingerprint density at radius 3 is 2.87 bits per heavy atom. The van der Waals surface area contributed by atoms with Gasteiger partial charge in [-0.05, 0) is 25.1 Å². The first-order valence-corrected chi connectivity index (χ1v) is 5.36. The zero-order valence-electron chi connectivity index (χ0n) is 8.05. The first-order valence-electron chi connectivity index (χ1n) is 4.54. The number of aromatic amines is 1. The van der Waals surface area contributed by atoms with Crippen LogP contribution in [0, 0.1) is 0 Å². The highest BCUT2D eigenvalue weighted by Gasteiger charge is 2.16. The van der Waals surface area contributed by atoms with E-state index in [0.29, 0.717) is 10.6 Å². The summed E-state index contributed by atoms with van der Waals surface area (Å²) in [5.74, 6) is -0.0924. The summed E-state index contributed by atoms with van der Waals surface area (Å²) < 4.78 is 0. The van der Waals surface area contributed by atoms with Crippen LogP contribution >= 0.6 is 23.2 Å². The van der Waals surface area contributed by atoms with Crippen LogP contribution in [0.3, 0.4) is 0 Å². The Bertz CT molecular complexity index is 516. The predicted octanol–water partition coefficient (Wildman–Crippen LogP) is 3.63. The van der Waals surface area contributed by atoms with Gasteiger partial charge in [0.2, 0.25) is 0 Å². The number of aromatic nitrogens is 1. The number of rotatable bonds is 2. The van der Waals surface area contributed by atoms with E-state index in [1.54, 1.807) is 25.3 Å². The maximum atomic E-state index is 11.7. The van der Waals surface area contributed by atoms with Crippen molar-refractivity contribution >= 4 is 39.9 Å². The van der Waals surface area contributed by atoms with E-state index in [4.69, 9.17) is 23.2 Å². The summed E-state index contributed by atoms with van der Waals surface area (Å²) in [5, 5.41) is 0.904. The zero-order valence-corrected chi connectivity index (χ0v) is 9.56. The van der Waals surface area contributed by atoms with Crippen LogP contribution in [0.5, 0.6) is 0 Å². The molecule has 0 amide bonds. The maximum absolute atomic E-state index is 11.7. The average Bonchev–Trinajstić information content (AvgIpc) is 2.59. The van der Waals surface area contributed by atoms with Crippen LogP contribution in [0.2, 0.25) is 5.02 Å². The van der Waals surface area contributed by atoms with Crippen molar-refractivity contribution in [2.24, 2.45) is 0 Å². The molecule has 1 aromatic carbocycles. The molecular formula is C11H9Cl2NO. The number of hydrogen-bond acceptors (Lipinski definition) is 1. The molecule has 4 heteroatoms. The Hall–Kier alpha value is -0.990. The Kier molecular flexibility index (Phi) is 2.72. The highest BCUT2D eigenvalue weighted by Crippen LogP contribution is 2.24. The summed E-state index contributed by atoms with van der Waals surface area (Å²) >= 11 is 11.6. The minimum Gasteiger partial charge on any atom is -0.360 e. The molecule has 1 N–H and O–H groups in total. The lowest BCUT2D eigenvalue weighted by Gasteiger charge is -2.00. The SMILES string of the molecule is CC(Cl)C(=O)c1c[nH]c2ccc(Cl)cc12. The number of nitrogens with one attached hydrogen (secondary N) is 1. The van der Waals surface area contributed by atoms with E-state index in [0.717, 1.165) is 10.9 Å². The quantitative estimate of drug-likeness (QED) is 0.633. The van der Waals surface area contributed by atoms with Crippen LogP contribution in [0.1, 0.15) is 17.3 Å². The number of Topliss-reactive ketones (excluding diaryl/α,β-unsaturated/α-hetero) is 1. The number of fused-ring (bicyclic) bond motifs is 1. The van der Waals surface area contributed by atoms with Crippen LogP contribution in [0.15, 0.2) is 24.4 Å². The van der Waals surface area contributed by atoms with Gasteiger partial charge in [0.25, 0.3) is 0 Å². The largest absolute Gasteiger partial charge is 0.360 e. The van der Waals surface area contributed by atoms with E-state index < -0.39 is 5.38 Å². The molecule has 1 aromatic heterocycles. The van der Waals surface area contributed by atoms with Crippen LogP contribution in [0.4, 0.5) is 0 Å². The Labute approximate surface area is 97.2 Å². The minimum absolute atomic E-state index is 0.0924. The fraction of sp³-hybridized carbons (Fsp3) is 0.182. The summed E-state index contributed by atoms with van der Waals surface area (Å²) in [7, 11) is 0. The number of carbonyl (C=O) groups is 1. The van der Waals surface area contributed by atoms with E-state index in [1.165, 1.54) is 0 Å². The molecule has 0 bridgehead atoms. The number of carbonyl (C=O) groups excluding carboxylic acids is 1. The topological polar surface area (TPSA) is 32.9 Å². The van der Waals surface area contributed by atoms with Crippen LogP contribution in [-0.4, -0.2) is 16.1 Å². The molecule has 0 aliphatic heterocycles. The van der Waals surface area contributed by atoms with Crippen molar-refractivity contribution in [3.05, 3.63) is 35.0 Å². The number of ketones is 1. The molecule has 15 heavy (non-hydrogen) atoms. The molecule has 0 radical (unpaired) electrons. The van der Waals surface area contributed by atoms with E-state index in [2.05, 4.69) is 4.98 Å². The Morgan fingerprint density at radius 1 is 1.47 bits per heavy atom. The van der Waals surface area contributed by atoms with Gasteiger partial charge in [-0.3, -0.25) is 4.79 Å². The van der Waals surface area contributed by atoms with Gasteiger partial charge < -0.3 is 4.98 Å². The predicted molar refractivity (Wildman–Crippen MR) is 63.0 cm³/mol. The van der Waals surface area contributed by atoms with Crippen molar-refractivity contribution in [2.75, 3.05) is 0 Å². The van der Waals surface area contributed by atoms with Crippen molar-refractivity contribution in [1.29, 1.82) is 0 Å². The summed E-state index contributed by atoms with van der Waals surface area (Å²) in [4.78, 5) is 14.7. The second-order valence-electron chi connectivity index (χ2n) is 3.37. The average molecular weight is 242 g/mol. The van der Waals surface area contributed by atoms with Crippen molar-refractivity contribution in [3.8, 4) is 0 Å². The summed E-state index contributed by atoms with van der Waals surface area (Å²) in [6, 6.07) is 5.38. The number of halogens is 2. The third-order valence-electron chi connectivity index (χ3n) is 2.27. The number of H-pyrrole nitrogens is 1. The third-order valence-corrected chi connectivity index (χ3v) is 2.70. The highest BCUT2D eigenvalue weighted by molar-refractivity contribution is 6.35. The molecule has 2 aromatic rings. The lowest BCUT2D eigenvalue weighted by Crippen LogP contribution is -2.09. The van der Waals surface area contributed by atoms with Crippen molar-refractivity contribution in [1.82, 2.24) is 4.98 Å². The molecule has 2 nitrogen and oxygen atoms in total. The maximum Gasteiger partial charge on any atom is 0.182 e. The second kappa shape index (κ2) is 3.87. The molecule has 0 saturated carbocycles. The standard InChI is InChI=1S/C11H9Cl2NO/c1-6(12)11(15)9-5-14-10-3-2-7(13)4-8(9)10/h2-6,14H,1H3. The first kappa shape index (κ1) is 10.5. The van der Waals surface area contributed by atoms with Crippen molar-refractivity contribution < 1.29 is 4.79 Å². The van der Waals surface area contributed by atoms with Gasteiger partial charge in [0.15, 0.2) is 5.78 Å². The fourth-order valence-electron chi connectivity index (χ4n) is 1.51. The van der Waals surface area contributed by atoms with Gasteiger partial charge in [0.05, 0.1) is 5.38 Å². The molecule has 2 rings (SSSR count). The Balaban J connectivity index is 2.62. The molecule has 0 spiro atoms. The smallest absolute Gasteiger partial charge is 0.182 e. The number of hydrogen-bond donors (Lipinski definition) is 1. The van der Waals surface area contributed by atoms with Crippen molar-refractivity contribution in [3.63, 3.8) is 0 Å². The first-order chi connectivity index (χ1) is 7.09. The van der Waals surface area contributed by atoms with Crippen LogP contribution < -0.4 is 0 Å². The van der Waals surface area contributed by atoms with Gasteiger partial charge in [0, 0.05) is 27.7 Å². The molecule has 78 valence electrons. The highest BCUT2D eigenvalue weighted by atomic mass is 35.5. The Morgan fingerprint density at radius 2 is 2.20 bits per heavy atom. The molecule has 1 unspecified atom stereocenters. The fourth-order valence-corrected chi connectivity index (χ4v) is 1.80. The van der Waals surface area contributed by atoms with Gasteiger partial charge >= 0.3 is 0 Å². The van der Waals surface area contributed by atoms with Gasteiger partial charge in [-0.15, -0.1) is 11.6 Å². The molecule has 0 aliphatic carbocycles. The zero-order chi connectivity index (χ0) is 11.0. The van der Waals surface area contributed by atoms with E-state index in [9.17, 15) is 4.79 Å². The third kappa shape index (κ3) is 1.87. The molecule has 1 heterocycles. The lowest BCUT2D eigenvalue weighted by atomic mass is 10.1. The summed E-state index contributed by atoms with van der Waals surface area (Å²) in [5.41, 5.74) is 1.48. The van der Waals surface area contributed by atoms with Gasteiger partial charge in [-0.2, -0.15) is 0 Å². The van der Waals surface area contributed by atoms with E-state index >= 15 is 0 Å². The van der Waals surface area contributed by atoms with Crippen LogP contribution in [-0.2, 0) is 0 Å². The van der Waals surface area contributed by atoms with E-state index in [-0.39, 0.29) is 5.78 Å². The van der Waals surface area contributed by atoms with Gasteiger partial charge in [0.1, 0.15) is 0 Å². The van der Waals surface area contributed by atoms with E-state index in [1.807, 2.05) is 6.07 Å². The minimum atomic E-state index is -0.525. The number of benzene rings is 1. The van der Waals surface area contributed by atoms with Crippen LogP contribution in [0.25, 0.3) is 10.9 Å². The molecule has 0 saturated heterocycles. The number of alkyl halides is 1. The molecule has 0 aliphatic rings. The molecule has 1 atom stereocenters. The summed E-state index contributed by atoms with van der Waals surface area (Å²) in [6.07, 6.45) is 1.67. The van der Waals surface area contributed by atoms with Gasteiger partial charge in [-0.1, -0.05) is 11.6 Å². The molecule has 0 fully saturated rings. The monoisotopic (exact) mass is 241 g/mol. The van der Waals surface area contributed by atoms with Crippen molar-refractivity contribution in [2.45, 2.75) is 12.3 Å². The lowest BCUT2D eigenvalue weighted by molar-refractivity contribution is 0.0993. The molecular weight excluding hydrogens is 233 g/mol. The van der Waals surface area contributed by atoms with Gasteiger partial charge in [-0.25, -0.2) is 0 Å². The second-order valence-corrected chi connectivity index (χ2v) is 4.46. The normalized spacial score (nSPS) is 13.0. The summed E-state index contributed by atoms with van der Waals surface area (Å²) in [6.45, 7) is 1.66.